The maximum absolute atomic E-state index is 12.8. The zero-order valence-electron chi connectivity index (χ0n) is 10.4. The van der Waals surface area contributed by atoms with E-state index in [-0.39, 0.29) is 12.4 Å². The molecule has 0 bridgehead atoms. The quantitative estimate of drug-likeness (QED) is 0.933. The second kappa shape index (κ2) is 5.16. The van der Waals surface area contributed by atoms with Gasteiger partial charge >= 0.3 is 6.18 Å². The van der Waals surface area contributed by atoms with Gasteiger partial charge in [0.25, 0.3) is 0 Å². The summed E-state index contributed by atoms with van der Waals surface area (Å²) in [4.78, 5) is 9.00. The standard InChI is InChI=1S/C12H12F3N3S/c1-7-10(18-8(2)19-7)6-17-11-9(12(13,14)15)4-3-5-16-11/h3-5H,6H2,1-2H3,(H,16,17). The second-order valence-corrected chi connectivity index (χ2v) is 5.39. The van der Waals surface area contributed by atoms with Crippen molar-refractivity contribution >= 4 is 17.2 Å². The molecule has 0 aliphatic carbocycles. The first-order valence-electron chi connectivity index (χ1n) is 5.57. The predicted molar refractivity (Wildman–Crippen MR) is 68.2 cm³/mol. The van der Waals surface area contributed by atoms with Crippen molar-refractivity contribution in [2.75, 3.05) is 5.32 Å². The topological polar surface area (TPSA) is 37.8 Å². The van der Waals surface area contributed by atoms with E-state index in [9.17, 15) is 13.2 Å². The van der Waals surface area contributed by atoms with Gasteiger partial charge in [-0.3, -0.25) is 0 Å². The molecule has 0 radical (unpaired) electrons. The van der Waals surface area contributed by atoms with Crippen molar-refractivity contribution in [1.29, 1.82) is 0 Å². The summed E-state index contributed by atoms with van der Waals surface area (Å²) in [5.74, 6) is -0.167. The normalized spacial score (nSPS) is 11.6. The van der Waals surface area contributed by atoms with Crippen LogP contribution in [0.3, 0.4) is 0 Å². The summed E-state index contributed by atoms with van der Waals surface area (Å²) in [5.41, 5.74) is -0.0131. The lowest BCUT2D eigenvalue weighted by atomic mass is 10.2. The number of hydrogen-bond acceptors (Lipinski definition) is 4. The maximum Gasteiger partial charge on any atom is 0.419 e. The molecule has 2 heterocycles. The van der Waals surface area contributed by atoms with Crippen molar-refractivity contribution in [2.45, 2.75) is 26.6 Å². The lowest BCUT2D eigenvalue weighted by Crippen LogP contribution is -2.12. The lowest BCUT2D eigenvalue weighted by Gasteiger charge is -2.12. The van der Waals surface area contributed by atoms with Crippen molar-refractivity contribution in [3.63, 3.8) is 0 Å². The summed E-state index contributed by atoms with van der Waals surface area (Å²) in [6.07, 6.45) is -3.08. The summed E-state index contributed by atoms with van der Waals surface area (Å²) in [6.45, 7) is 3.99. The third kappa shape index (κ3) is 3.23. The number of halogens is 3. The van der Waals surface area contributed by atoms with Gasteiger partial charge in [0.2, 0.25) is 0 Å². The molecule has 2 aromatic rings. The smallest absolute Gasteiger partial charge is 0.364 e. The van der Waals surface area contributed by atoms with Crippen molar-refractivity contribution in [3.8, 4) is 0 Å². The summed E-state index contributed by atoms with van der Waals surface area (Å²) in [6, 6.07) is 2.28. The molecule has 0 fully saturated rings. The molecule has 1 N–H and O–H groups in total. The van der Waals surface area contributed by atoms with Crippen molar-refractivity contribution in [2.24, 2.45) is 0 Å². The number of pyridine rings is 1. The third-order valence-corrected chi connectivity index (χ3v) is 3.46. The Balaban J connectivity index is 2.18. The maximum atomic E-state index is 12.8. The van der Waals surface area contributed by atoms with E-state index in [0.717, 1.165) is 21.6 Å². The first-order valence-corrected chi connectivity index (χ1v) is 6.38. The molecule has 0 atom stereocenters. The highest BCUT2D eigenvalue weighted by Gasteiger charge is 2.34. The Kier molecular flexibility index (Phi) is 3.75. The monoisotopic (exact) mass is 287 g/mol. The van der Waals surface area contributed by atoms with Gasteiger partial charge in [-0.05, 0) is 26.0 Å². The highest BCUT2D eigenvalue weighted by Crippen LogP contribution is 2.33. The molecule has 0 amide bonds. The van der Waals surface area contributed by atoms with E-state index >= 15 is 0 Å². The zero-order valence-corrected chi connectivity index (χ0v) is 11.2. The van der Waals surface area contributed by atoms with Crippen LogP contribution in [-0.4, -0.2) is 9.97 Å². The van der Waals surface area contributed by atoms with Crippen molar-refractivity contribution in [1.82, 2.24) is 9.97 Å². The van der Waals surface area contributed by atoms with Crippen LogP contribution in [-0.2, 0) is 12.7 Å². The van der Waals surface area contributed by atoms with Gasteiger partial charge in [-0.2, -0.15) is 13.2 Å². The van der Waals surface area contributed by atoms with E-state index in [1.165, 1.54) is 23.6 Å². The molecule has 102 valence electrons. The van der Waals surface area contributed by atoms with Crippen molar-refractivity contribution < 1.29 is 13.2 Å². The van der Waals surface area contributed by atoms with Gasteiger partial charge in [0.05, 0.1) is 22.8 Å². The molecule has 19 heavy (non-hydrogen) atoms. The molecule has 0 aliphatic heterocycles. The summed E-state index contributed by atoms with van der Waals surface area (Å²) in [5, 5.41) is 3.60. The Hall–Kier alpha value is -1.63. The van der Waals surface area contributed by atoms with Crippen LogP contribution in [0.5, 0.6) is 0 Å². The molecule has 7 heteroatoms. The van der Waals surface area contributed by atoms with Gasteiger partial charge in [0.1, 0.15) is 5.82 Å². The fraction of sp³-hybridized carbons (Fsp3) is 0.333. The van der Waals surface area contributed by atoms with Crippen LogP contribution in [0.15, 0.2) is 18.3 Å². The average Bonchev–Trinajstić information content (AvgIpc) is 2.64. The van der Waals surface area contributed by atoms with E-state index in [1.807, 2.05) is 13.8 Å². The number of aryl methyl sites for hydroxylation is 2. The number of aromatic nitrogens is 2. The van der Waals surface area contributed by atoms with Crippen LogP contribution in [0.25, 0.3) is 0 Å². The Labute approximate surface area is 112 Å². The van der Waals surface area contributed by atoms with Crippen LogP contribution >= 0.6 is 11.3 Å². The number of alkyl halides is 3. The molecular weight excluding hydrogens is 275 g/mol. The Morgan fingerprint density at radius 3 is 2.63 bits per heavy atom. The second-order valence-electron chi connectivity index (χ2n) is 3.99. The molecule has 0 saturated heterocycles. The first kappa shape index (κ1) is 13.8. The molecule has 0 aliphatic rings. The molecule has 2 aromatic heterocycles. The largest absolute Gasteiger partial charge is 0.419 e. The number of rotatable bonds is 3. The average molecular weight is 287 g/mol. The van der Waals surface area contributed by atoms with Gasteiger partial charge in [-0.25, -0.2) is 9.97 Å². The predicted octanol–water partition coefficient (Wildman–Crippen LogP) is 3.79. The number of hydrogen-bond donors (Lipinski definition) is 1. The number of thiazole rings is 1. The molecule has 0 saturated carbocycles. The first-order chi connectivity index (χ1) is 8.88. The summed E-state index contributed by atoms with van der Waals surface area (Å²) < 4.78 is 38.3. The Morgan fingerprint density at radius 1 is 1.32 bits per heavy atom. The molecule has 0 spiro atoms. The van der Waals surface area contributed by atoms with E-state index in [0.29, 0.717) is 0 Å². The number of anilines is 1. The Bertz CT molecular complexity index is 578. The van der Waals surface area contributed by atoms with Crippen molar-refractivity contribution in [3.05, 3.63) is 39.5 Å². The molecule has 0 unspecified atom stereocenters. The van der Waals surface area contributed by atoms with E-state index in [4.69, 9.17) is 0 Å². The van der Waals surface area contributed by atoms with E-state index < -0.39 is 11.7 Å². The van der Waals surface area contributed by atoms with Gasteiger partial charge < -0.3 is 5.32 Å². The highest BCUT2D eigenvalue weighted by atomic mass is 32.1. The fourth-order valence-electron chi connectivity index (χ4n) is 1.68. The van der Waals surface area contributed by atoms with E-state index in [2.05, 4.69) is 15.3 Å². The van der Waals surface area contributed by atoms with Crippen LogP contribution in [0.2, 0.25) is 0 Å². The third-order valence-electron chi connectivity index (χ3n) is 2.54. The van der Waals surface area contributed by atoms with Gasteiger partial charge in [0, 0.05) is 11.1 Å². The molecular formula is C12H12F3N3S. The van der Waals surface area contributed by atoms with Gasteiger partial charge in [-0.1, -0.05) is 0 Å². The lowest BCUT2D eigenvalue weighted by molar-refractivity contribution is -0.137. The minimum Gasteiger partial charge on any atom is -0.364 e. The summed E-state index contributed by atoms with van der Waals surface area (Å²) >= 11 is 1.52. The zero-order chi connectivity index (χ0) is 14.0. The van der Waals surface area contributed by atoms with Gasteiger partial charge in [0.15, 0.2) is 0 Å². The SMILES string of the molecule is Cc1nc(CNc2ncccc2C(F)(F)F)c(C)s1. The fourth-order valence-corrected chi connectivity index (χ4v) is 2.51. The minimum atomic E-state index is -4.41. The van der Waals surface area contributed by atoms with Crippen LogP contribution in [0.1, 0.15) is 21.1 Å². The highest BCUT2D eigenvalue weighted by molar-refractivity contribution is 7.11. The van der Waals surface area contributed by atoms with Crippen LogP contribution in [0, 0.1) is 13.8 Å². The van der Waals surface area contributed by atoms with E-state index in [1.54, 1.807) is 0 Å². The van der Waals surface area contributed by atoms with Crippen LogP contribution < -0.4 is 5.32 Å². The minimum absolute atomic E-state index is 0.167. The molecule has 0 aromatic carbocycles. The van der Waals surface area contributed by atoms with Crippen LogP contribution in [0.4, 0.5) is 19.0 Å². The Morgan fingerprint density at radius 2 is 2.05 bits per heavy atom. The van der Waals surface area contributed by atoms with Gasteiger partial charge in [-0.15, -0.1) is 11.3 Å². The molecule has 3 nitrogen and oxygen atoms in total. The summed E-state index contributed by atoms with van der Waals surface area (Å²) in [7, 11) is 0. The molecule has 2 rings (SSSR count). The number of nitrogens with one attached hydrogen (secondary N) is 1. The number of nitrogens with zero attached hydrogens (tertiary/aromatic N) is 2.